The van der Waals surface area contributed by atoms with Crippen molar-refractivity contribution in [3.05, 3.63) is 60.8 Å². The van der Waals surface area contributed by atoms with Crippen LogP contribution in [0.15, 0.2) is 60.8 Å². The van der Waals surface area contributed by atoms with Gasteiger partial charge in [-0.05, 0) is 89.9 Å². The van der Waals surface area contributed by atoms with Gasteiger partial charge in [-0.1, -0.05) is 319 Å². The van der Waals surface area contributed by atoms with E-state index in [0.29, 0.717) is 19.3 Å². The number of hydrogen-bond donors (Lipinski definition) is 0. The number of rotatable bonds is 64. The second-order valence-corrected chi connectivity index (χ2v) is 23.4. The summed E-state index contributed by atoms with van der Waals surface area (Å²) in [4.78, 5) is 38.3. The molecule has 0 fully saturated rings. The summed E-state index contributed by atoms with van der Waals surface area (Å²) in [6.07, 6.45) is 86.9. The SMILES string of the molecule is CCCCCCC/C=C\C/C=C\C/C=C\CCCCCCCCCCC(=O)OC(COC(=O)CCCCCCCCCCC)COC(=O)CCCCCCCCCCCCCCCCCCC/C=C\C/C=C\CCCCCCC. The number of esters is 3. The first-order valence-electron chi connectivity index (χ1n) is 34.8. The quantitative estimate of drug-likeness (QED) is 0.0261. The molecule has 0 amide bonds. The van der Waals surface area contributed by atoms with Crippen LogP contribution >= 0.6 is 0 Å². The van der Waals surface area contributed by atoms with E-state index in [0.717, 1.165) is 83.5 Å². The second kappa shape index (κ2) is 67.6. The van der Waals surface area contributed by atoms with Crippen LogP contribution in [0, 0.1) is 0 Å². The molecule has 0 saturated carbocycles. The lowest BCUT2D eigenvalue weighted by Gasteiger charge is -2.18. The molecular weight excluding hydrogens is 973 g/mol. The van der Waals surface area contributed by atoms with Gasteiger partial charge >= 0.3 is 17.9 Å². The molecule has 0 rings (SSSR count). The molecule has 6 nitrogen and oxygen atoms in total. The predicted octanol–water partition coefficient (Wildman–Crippen LogP) is 23.9. The van der Waals surface area contributed by atoms with Gasteiger partial charge in [0.2, 0.25) is 0 Å². The van der Waals surface area contributed by atoms with Crippen molar-refractivity contribution in [3.63, 3.8) is 0 Å². The highest BCUT2D eigenvalue weighted by Gasteiger charge is 2.19. The van der Waals surface area contributed by atoms with Gasteiger partial charge in [-0.15, -0.1) is 0 Å². The molecule has 1 unspecified atom stereocenters. The van der Waals surface area contributed by atoms with Crippen LogP contribution in [0.3, 0.4) is 0 Å². The van der Waals surface area contributed by atoms with Crippen molar-refractivity contribution < 1.29 is 28.6 Å². The lowest BCUT2D eigenvalue weighted by Crippen LogP contribution is -2.30. The third-order valence-corrected chi connectivity index (χ3v) is 15.5. The zero-order chi connectivity index (χ0) is 57.1. The Kier molecular flexibility index (Phi) is 65.1. The summed E-state index contributed by atoms with van der Waals surface area (Å²) < 4.78 is 16.9. The van der Waals surface area contributed by atoms with E-state index in [1.165, 1.54) is 244 Å². The molecule has 0 aliphatic carbocycles. The molecule has 0 spiro atoms. The summed E-state index contributed by atoms with van der Waals surface area (Å²) >= 11 is 0. The number of carbonyl (C=O) groups is 3. The van der Waals surface area contributed by atoms with Gasteiger partial charge in [-0.2, -0.15) is 0 Å². The Bertz CT molecular complexity index is 1410. The molecule has 0 aliphatic rings. The van der Waals surface area contributed by atoms with Gasteiger partial charge in [-0.25, -0.2) is 0 Å². The van der Waals surface area contributed by atoms with Crippen molar-refractivity contribution in [3.8, 4) is 0 Å². The predicted molar refractivity (Wildman–Crippen MR) is 344 cm³/mol. The van der Waals surface area contributed by atoms with Gasteiger partial charge in [0, 0.05) is 19.3 Å². The Balaban J connectivity index is 4.14. The Morgan fingerprint density at radius 2 is 0.456 bits per heavy atom. The minimum absolute atomic E-state index is 0.0732. The van der Waals surface area contributed by atoms with Crippen LogP contribution in [0.2, 0.25) is 0 Å². The minimum Gasteiger partial charge on any atom is -0.462 e. The first-order valence-corrected chi connectivity index (χ1v) is 34.8. The van der Waals surface area contributed by atoms with Gasteiger partial charge in [0.15, 0.2) is 6.10 Å². The molecule has 0 heterocycles. The standard InChI is InChI=1S/C73H132O6/c1-4-7-10-13-16-19-21-23-25-27-29-31-33-34-35-36-37-38-40-41-43-45-47-49-51-54-57-60-63-66-72(75)78-69-70(68-77-71(74)65-62-59-56-53-18-15-12-9-6-3)79-73(76)67-64-61-58-55-52-50-48-46-44-42-39-32-30-28-26-24-22-20-17-14-11-8-5-2/h21-24,27-30,39,42,70H,4-20,25-26,31-38,40-41,43-69H2,1-3H3/b23-21-,24-22-,29-27-,30-28-,42-39-. The Morgan fingerprint density at radius 3 is 0.709 bits per heavy atom. The molecule has 0 aromatic carbocycles. The van der Waals surface area contributed by atoms with E-state index >= 15 is 0 Å². The van der Waals surface area contributed by atoms with E-state index in [-0.39, 0.29) is 31.1 Å². The zero-order valence-electron chi connectivity index (χ0n) is 52.9. The fraction of sp³-hybridized carbons (Fsp3) is 0.822. The van der Waals surface area contributed by atoms with Crippen LogP contribution in [0.4, 0.5) is 0 Å². The molecule has 0 aromatic rings. The van der Waals surface area contributed by atoms with E-state index in [1.54, 1.807) is 0 Å². The molecule has 0 radical (unpaired) electrons. The monoisotopic (exact) mass is 1110 g/mol. The first-order chi connectivity index (χ1) is 39.0. The summed E-state index contributed by atoms with van der Waals surface area (Å²) in [6, 6.07) is 0. The molecule has 0 bridgehead atoms. The molecule has 79 heavy (non-hydrogen) atoms. The van der Waals surface area contributed by atoms with E-state index < -0.39 is 6.10 Å². The summed E-state index contributed by atoms with van der Waals surface area (Å²) in [6.45, 7) is 6.64. The summed E-state index contributed by atoms with van der Waals surface area (Å²) in [5.41, 5.74) is 0. The topological polar surface area (TPSA) is 78.9 Å². The molecule has 0 aromatic heterocycles. The third kappa shape index (κ3) is 65.8. The van der Waals surface area contributed by atoms with Gasteiger partial charge in [0.25, 0.3) is 0 Å². The van der Waals surface area contributed by atoms with Crippen molar-refractivity contribution in [2.24, 2.45) is 0 Å². The van der Waals surface area contributed by atoms with E-state index in [1.807, 2.05) is 0 Å². The summed E-state index contributed by atoms with van der Waals surface area (Å²) in [5.74, 6) is -0.863. The van der Waals surface area contributed by atoms with Crippen LogP contribution in [0.5, 0.6) is 0 Å². The van der Waals surface area contributed by atoms with Crippen molar-refractivity contribution in [2.45, 2.75) is 374 Å². The van der Waals surface area contributed by atoms with Crippen LogP contribution in [0.25, 0.3) is 0 Å². The third-order valence-electron chi connectivity index (χ3n) is 15.5. The molecule has 0 N–H and O–H groups in total. The number of unbranched alkanes of at least 4 members (excludes halogenated alkanes) is 43. The second-order valence-electron chi connectivity index (χ2n) is 23.4. The van der Waals surface area contributed by atoms with Gasteiger partial charge < -0.3 is 14.2 Å². The van der Waals surface area contributed by atoms with E-state index in [9.17, 15) is 14.4 Å². The van der Waals surface area contributed by atoms with Crippen LogP contribution in [-0.2, 0) is 28.6 Å². The zero-order valence-corrected chi connectivity index (χ0v) is 52.9. The molecular formula is C73H132O6. The normalized spacial score (nSPS) is 12.4. The van der Waals surface area contributed by atoms with Gasteiger partial charge in [0.05, 0.1) is 0 Å². The number of hydrogen-bond acceptors (Lipinski definition) is 6. The van der Waals surface area contributed by atoms with Crippen LogP contribution in [-0.4, -0.2) is 37.2 Å². The van der Waals surface area contributed by atoms with E-state index in [2.05, 4.69) is 81.5 Å². The van der Waals surface area contributed by atoms with Crippen molar-refractivity contribution in [2.75, 3.05) is 13.2 Å². The highest BCUT2D eigenvalue weighted by atomic mass is 16.6. The minimum atomic E-state index is -0.776. The smallest absolute Gasteiger partial charge is 0.306 e. The van der Waals surface area contributed by atoms with Crippen LogP contribution in [0.1, 0.15) is 367 Å². The Hall–Kier alpha value is -2.89. The lowest BCUT2D eigenvalue weighted by atomic mass is 10.0. The highest BCUT2D eigenvalue weighted by molar-refractivity contribution is 5.71. The molecule has 460 valence electrons. The largest absolute Gasteiger partial charge is 0.462 e. The van der Waals surface area contributed by atoms with E-state index in [4.69, 9.17) is 14.2 Å². The first kappa shape index (κ1) is 76.1. The maximum absolute atomic E-state index is 12.9. The maximum atomic E-state index is 12.9. The van der Waals surface area contributed by atoms with Gasteiger partial charge in [-0.3, -0.25) is 14.4 Å². The highest BCUT2D eigenvalue weighted by Crippen LogP contribution is 2.17. The van der Waals surface area contributed by atoms with Gasteiger partial charge in [0.1, 0.15) is 13.2 Å². The summed E-state index contributed by atoms with van der Waals surface area (Å²) in [7, 11) is 0. The number of allylic oxidation sites excluding steroid dienone is 10. The van der Waals surface area contributed by atoms with Crippen molar-refractivity contribution >= 4 is 17.9 Å². The average molecular weight is 1110 g/mol. The maximum Gasteiger partial charge on any atom is 0.306 e. The van der Waals surface area contributed by atoms with Crippen molar-refractivity contribution in [1.82, 2.24) is 0 Å². The summed E-state index contributed by atoms with van der Waals surface area (Å²) in [5, 5.41) is 0. The molecule has 0 saturated heterocycles. The lowest BCUT2D eigenvalue weighted by molar-refractivity contribution is -0.167. The Labute approximate surface area is 491 Å². The molecule has 0 aliphatic heterocycles. The average Bonchev–Trinajstić information content (AvgIpc) is 3.45. The molecule has 6 heteroatoms. The number of ether oxygens (including phenoxy) is 3. The Morgan fingerprint density at radius 1 is 0.253 bits per heavy atom. The number of carbonyl (C=O) groups excluding carboxylic acids is 3. The van der Waals surface area contributed by atoms with Crippen LogP contribution < -0.4 is 0 Å². The molecule has 1 atom stereocenters. The fourth-order valence-electron chi connectivity index (χ4n) is 10.2. The fourth-order valence-corrected chi connectivity index (χ4v) is 10.2. The van der Waals surface area contributed by atoms with Crippen molar-refractivity contribution in [1.29, 1.82) is 0 Å².